The molecule has 0 aliphatic rings. The molecule has 0 unspecified atom stereocenters. The summed E-state index contributed by atoms with van der Waals surface area (Å²) in [4.78, 5) is 14.6. The Bertz CT molecular complexity index is 251. The summed E-state index contributed by atoms with van der Waals surface area (Å²) in [5.41, 5.74) is 0.0255. The molecule has 11 heavy (non-hydrogen) atoms. The van der Waals surface area contributed by atoms with Crippen LogP contribution in [0.2, 0.25) is 0 Å². The van der Waals surface area contributed by atoms with E-state index in [0.717, 1.165) is 0 Å². The highest BCUT2D eigenvalue weighted by molar-refractivity contribution is 6.35. The highest BCUT2D eigenvalue weighted by atomic mass is 16.6. The van der Waals surface area contributed by atoms with Gasteiger partial charge in [-0.3, -0.25) is 4.79 Å². The van der Waals surface area contributed by atoms with Gasteiger partial charge in [-0.15, -0.1) is 0 Å². The lowest BCUT2D eigenvalue weighted by atomic mass is 10.3. The van der Waals surface area contributed by atoms with Crippen LogP contribution in [0.1, 0.15) is 5.76 Å². The van der Waals surface area contributed by atoms with Gasteiger partial charge in [-0.2, -0.15) is 0 Å². The molecule has 0 aromatic carbocycles. The van der Waals surface area contributed by atoms with Crippen LogP contribution in [-0.2, 0) is 9.63 Å². The molecule has 0 atom stereocenters. The van der Waals surface area contributed by atoms with Gasteiger partial charge in [-0.25, -0.2) is 0 Å². The average molecular weight is 152 g/mol. The first kappa shape index (κ1) is 7.53. The predicted molar refractivity (Wildman–Crippen MR) is 37.9 cm³/mol. The van der Waals surface area contributed by atoms with Crippen LogP contribution in [0.15, 0.2) is 28.0 Å². The van der Waals surface area contributed by atoms with E-state index in [1.54, 1.807) is 18.4 Å². The molecular formula is C7H6NO3. The molecule has 0 spiro atoms. The Kier molecular flexibility index (Phi) is 2.43. The maximum atomic E-state index is 10.2. The van der Waals surface area contributed by atoms with Crippen LogP contribution in [0.4, 0.5) is 0 Å². The third kappa shape index (κ3) is 1.67. The minimum Gasteiger partial charge on any atom is -0.462 e. The van der Waals surface area contributed by atoms with Gasteiger partial charge in [0.05, 0.1) is 6.26 Å². The normalized spacial score (nSPS) is 11.2. The van der Waals surface area contributed by atoms with Crippen LogP contribution in [0.25, 0.3) is 0 Å². The fraction of sp³-hybridized carbons (Fsp3) is 0.143. The van der Waals surface area contributed by atoms with Crippen molar-refractivity contribution in [3.63, 3.8) is 0 Å². The van der Waals surface area contributed by atoms with Crippen molar-refractivity contribution in [3.8, 4) is 0 Å². The monoisotopic (exact) mass is 152 g/mol. The van der Waals surface area contributed by atoms with E-state index in [1.807, 2.05) is 0 Å². The van der Waals surface area contributed by atoms with Crippen molar-refractivity contribution in [3.05, 3.63) is 24.2 Å². The van der Waals surface area contributed by atoms with E-state index in [2.05, 4.69) is 9.99 Å². The van der Waals surface area contributed by atoms with Gasteiger partial charge in [-0.05, 0) is 12.1 Å². The van der Waals surface area contributed by atoms with Crippen molar-refractivity contribution < 1.29 is 14.0 Å². The van der Waals surface area contributed by atoms with Crippen LogP contribution in [-0.4, -0.2) is 19.1 Å². The molecule has 0 saturated carbocycles. The minimum atomic E-state index is 0.0255. The maximum absolute atomic E-state index is 10.2. The van der Waals surface area contributed by atoms with Crippen LogP contribution in [0.5, 0.6) is 0 Å². The largest absolute Gasteiger partial charge is 0.462 e. The summed E-state index contributed by atoms with van der Waals surface area (Å²) in [6.07, 6.45) is 3.03. The summed E-state index contributed by atoms with van der Waals surface area (Å²) in [7, 11) is 1.35. The molecule has 1 aromatic heterocycles. The van der Waals surface area contributed by atoms with Crippen molar-refractivity contribution in [1.82, 2.24) is 0 Å². The Hall–Kier alpha value is -1.58. The van der Waals surface area contributed by atoms with Crippen LogP contribution in [0.3, 0.4) is 0 Å². The van der Waals surface area contributed by atoms with Gasteiger partial charge in [0, 0.05) is 0 Å². The van der Waals surface area contributed by atoms with E-state index in [9.17, 15) is 4.79 Å². The van der Waals surface area contributed by atoms with E-state index < -0.39 is 0 Å². The third-order valence-electron chi connectivity index (χ3n) is 1.03. The van der Waals surface area contributed by atoms with Crippen molar-refractivity contribution in [2.24, 2.45) is 5.16 Å². The lowest BCUT2D eigenvalue weighted by Gasteiger charge is -1.89. The van der Waals surface area contributed by atoms with Gasteiger partial charge in [0.1, 0.15) is 7.11 Å². The molecule has 0 aliphatic heterocycles. The second kappa shape index (κ2) is 3.55. The molecule has 0 fully saturated rings. The molecule has 0 amide bonds. The van der Waals surface area contributed by atoms with Gasteiger partial charge in [0.15, 0.2) is 11.5 Å². The van der Waals surface area contributed by atoms with Crippen LogP contribution >= 0.6 is 0 Å². The zero-order valence-electron chi connectivity index (χ0n) is 5.90. The van der Waals surface area contributed by atoms with Gasteiger partial charge in [0.25, 0.3) is 6.29 Å². The first-order valence-electron chi connectivity index (χ1n) is 2.91. The summed E-state index contributed by atoms with van der Waals surface area (Å²) < 4.78 is 4.87. The topological polar surface area (TPSA) is 51.8 Å². The van der Waals surface area contributed by atoms with Gasteiger partial charge < -0.3 is 9.25 Å². The summed E-state index contributed by atoms with van der Waals surface area (Å²) in [5, 5.41) is 3.38. The minimum absolute atomic E-state index is 0.0255. The Morgan fingerprint density at radius 1 is 1.82 bits per heavy atom. The SMILES string of the molecule is CO/N=C(/[C]=O)c1ccco1. The molecule has 0 aliphatic carbocycles. The molecule has 0 bridgehead atoms. The van der Waals surface area contributed by atoms with Crippen LogP contribution in [0, 0.1) is 0 Å². The quantitative estimate of drug-likeness (QED) is 0.474. The summed E-state index contributed by atoms with van der Waals surface area (Å²) in [6.45, 7) is 0. The Morgan fingerprint density at radius 2 is 2.64 bits per heavy atom. The molecule has 4 nitrogen and oxygen atoms in total. The number of nitrogens with zero attached hydrogens (tertiary/aromatic N) is 1. The van der Waals surface area contributed by atoms with Gasteiger partial charge in [0.2, 0.25) is 0 Å². The smallest absolute Gasteiger partial charge is 0.261 e. The van der Waals surface area contributed by atoms with Crippen molar-refractivity contribution in [1.29, 1.82) is 0 Å². The predicted octanol–water partition coefficient (Wildman–Crippen LogP) is 0.740. The molecule has 1 heterocycles. The number of rotatable bonds is 3. The van der Waals surface area contributed by atoms with E-state index in [-0.39, 0.29) is 5.71 Å². The van der Waals surface area contributed by atoms with Crippen molar-refractivity contribution in [2.75, 3.05) is 7.11 Å². The molecule has 4 heteroatoms. The van der Waals surface area contributed by atoms with Gasteiger partial charge in [-0.1, -0.05) is 5.16 Å². The lowest BCUT2D eigenvalue weighted by Crippen LogP contribution is -2.00. The van der Waals surface area contributed by atoms with Crippen LogP contribution < -0.4 is 0 Å². The molecule has 1 rings (SSSR count). The van der Waals surface area contributed by atoms with E-state index >= 15 is 0 Å². The number of furan rings is 1. The number of oxime groups is 1. The van der Waals surface area contributed by atoms with Crippen molar-refractivity contribution in [2.45, 2.75) is 0 Å². The molecule has 57 valence electrons. The van der Waals surface area contributed by atoms with E-state index in [4.69, 9.17) is 4.42 Å². The average Bonchev–Trinajstić information content (AvgIpc) is 2.52. The number of carbonyl (C=O) groups excluding carboxylic acids is 1. The standard InChI is InChI=1S/C7H6NO3/c1-10-8-6(5-9)7-3-2-4-11-7/h2-4H,1H3/b8-6-. The highest BCUT2D eigenvalue weighted by Crippen LogP contribution is 2.00. The van der Waals surface area contributed by atoms with E-state index in [0.29, 0.717) is 5.76 Å². The zero-order valence-corrected chi connectivity index (χ0v) is 5.90. The molecule has 0 N–H and O–H groups in total. The second-order valence-corrected chi connectivity index (χ2v) is 1.70. The zero-order chi connectivity index (χ0) is 8.10. The summed E-state index contributed by atoms with van der Waals surface area (Å²) >= 11 is 0. The van der Waals surface area contributed by atoms with Gasteiger partial charge >= 0.3 is 0 Å². The summed E-state index contributed by atoms with van der Waals surface area (Å²) in [6, 6.07) is 3.25. The Labute approximate surface area is 63.4 Å². The lowest BCUT2D eigenvalue weighted by molar-refractivity contribution is 0.213. The van der Waals surface area contributed by atoms with E-state index in [1.165, 1.54) is 13.4 Å². The second-order valence-electron chi connectivity index (χ2n) is 1.70. The van der Waals surface area contributed by atoms with Crippen molar-refractivity contribution >= 4 is 12.0 Å². The first-order valence-corrected chi connectivity index (χ1v) is 2.91. The number of hydrogen-bond donors (Lipinski definition) is 0. The Morgan fingerprint density at radius 3 is 3.09 bits per heavy atom. The fourth-order valence-corrected chi connectivity index (χ4v) is 0.619. The third-order valence-corrected chi connectivity index (χ3v) is 1.03. The maximum Gasteiger partial charge on any atom is 0.261 e. The molecule has 1 radical (unpaired) electrons. The molecule has 1 aromatic rings. The number of hydrogen-bond acceptors (Lipinski definition) is 4. The fourth-order valence-electron chi connectivity index (χ4n) is 0.619. The Balaban J connectivity index is 2.88. The molecular weight excluding hydrogens is 146 g/mol. The summed E-state index contributed by atoms with van der Waals surface area (Å²) in [5.74, 6) is 0.349. The first-order chi connectivity index (χ1) is 5.38. The highest BCUT2D eigenvalue weighted by Gasteiger charge is 2.05. The molecule has 0 saturated heterocycles.